The standard InChI is InChI=1S/C12H19ClN2OS/c1-9(2)4-3-5-14-11(16)6-12-15-10(7-13)8-17-12/h8-9H,3-7H2,1-2H3,(H,14,16). The summed E-state index contributed by atoms with van der Waals surface area (Å²) >= 11 is 7.14. The number of nitrogens with zero attached hydrogens (tertiary/aromatic N) is 1. The number of amides is 1. The molecule has 0 bridgehead atoms. The number of rotatable bonds is 7. The lowest BCUT2D eigenvalue weighted by atomic mass is 10.1. The monoisotopic (exact) mass is 274 g/mol. The first-order chi connectivity index (χ1) is 8.11. The van der Waals surface area contributed by atoms with Gasteiger partial charge in [0.25, 0.3) is 0 Å². The van der Waals surface area contributed by atoms with Crippen LogP contribution >= 0.6 is 22.9 Å². The quantitative estimate of drug-likeness (QED) is 0.614. The average molecular weight is 275 g/mol. The van der Waals surface area contributed by atoms with Crippen molar-refractivity contribution < 1.29 is 4.79 Å². The molecular formula is C12H19ClN2OS. The third-order valence-electron chi connectivity index (χ3n) is 2.33. The summed E-state index contributed by atoms with van der Waals surface area (Å²) in [4.78, 5) is 15.8. The van der Waals surface area contributed by atoms with Crippen molar-refractivity contribution in [1.29, 1.82) is 0 Å². The molecule has 1 aromatic rings. The molecule has 0 saturated heterocycles. The molecule has 0 spiro atoms. The average Bonchev–Trinajstić information content (AvgIpc) is 2.72. The fourth-order valence-corrected chi connectivity index (χ4v) is 2.45. The minimum atomic E-state index is 0.0456. The van der Waals surface area contributed by atoms with Gasteiger partial charge in [-0.3, -0.25) is 4.79 Å². The Bertz CT molecular complexity index is 352. The van der Waals surface area contributed by atoms with Crippen LogP contribution in [0.25, 0.3) is 0 Å². The zero-order chi connectivity index (χ0) is 12.7. The largest absolute Gasteiger partial charge is 0.356 e. The Hall–Kier alpha value is -0.610. The van der Waals surface area contributed by atoms with Gasteiger partial charge in [0.15, 0.2) is 0 Å². The minimum absolute atomic E-state index is 0.0456. The molecule has 0 aromatic carbocycles. The van der Waals surface area contributed by atoms with Gasteiger partial charge in [-0.15, -0.1) is 22.9 Å². The smallest absolute Gasteiger partial charge is 0.226 e. The summed E-state index contributed by atoms with van der Waals surface area (Å²) in [5, 5.41) is 5.64. The molecule has 1 amide bonds. The first-order valence-corrected chi connectivity index (χ1v) is 7.29. The number of carbonyl (C=O) groups excluding carboxylic acids is 1. The van der Waals surface area contributed by atoms with Gasteiger partial charge in [-0.1, -0.05) is 13.8 Å². The van der Waals surface area contributed by atoms with E-state index in [1.54, 1.807) is 0 Å². The van der Waals surface area contributed by atoms with Gasteiger partial charge in [-0.25, -0.2) is 4.98 Å². The first kappa shape index (κ1) is 14.5. The van der Waals surface area contributed by atoms with Crippen molar-refractivity contribution in [2.75, 3.05) is 6.54 Å². The molecule has 0 saturated carbocycles. The maximum atomic E-state index is 11.6. The lowest BCUT2D eigenvalue weighted by Gasteiger charge is -2.05. The van der Waals surface area contributed by atoms with E-state index in [4.69, 9.17) is 11.6 Å². The maximum Gasteiger partial charge on any atom is 0.226 e. The van der Waals surface area contributed by atoms with E-state index in [1.165, 1.54) is 11.3 Å². The second-order valence-electron chi connectivity index (χ2n) is 4.43. The predicted octanol–water partition coefficient (Wildman–Crippen LogP) is 2.98. The van der Waals surface area contributed by atoms with Crippen molar-refractivity contribution in [3.05, 3.63) is 16.1 Å². The molecular weight excluding hydrogens is 256 g/mol. The van der Waals surface area contributed by atoms with Crippen LogP contribution in [0.15, 0.2) is 5.38 Å². The number of carbonyl (C=O) groups is 1. The van der Waals surface area contributed by atoms with Crippen LogP contribution in [-0.2, 0) is 17.1 Å². The Labute approximate surface area is 112 Å². The molecule has 1 aromatic heterocycles. The van der Waals surface area contributed by atoms with E-state index in [1.807, 2.05) is 5.38 Å². The minimum Gasteiger partial charge on any atom is -0.356 e. The van der Waals surface area contributed by atoms with Crippen molar-refractivity contribution in [3.63, 3.8) is 0 Å². The SMILES string of the molecule is CC(C)CCCNC(=O)Cc1nc(CCl)cs1. The van der Waals surface area contributed by atoms with Crippen LogP contribution in [0.2, 0.25) is 0 Å². The molecule has 5 heteroatoms. The molecule has 0 unspecified atom stereocenters. The van der Waals surface area contributed by atoms with E-state index in [0.717, 1.165) is 30.1 Å². The molecule has 0 radical (unpaired) electrons. The molecule has 96 valence electrons. The molecule has 3 nitrogen and oxygen atoms in total. The topological polar surface area (TPSA) is 42.0 Å². The summed E-state index contributed by atoms with van der Waals surface area (Å²) in [5.74, 6) is 1.15. The fourth-order valence-electron chi connectivity index (χ4n) is 1.43. The summed E-state index contributed by atoms with van der Waals surface area (Å²) in [6.07, 6.45) is 2.55. The second-order valence-corrected chi connectivity index (χ2v) is 5.64. The van der Waals surface area contributed by atoms with Crippen LogP contribution in [0, 0.1) is 5.92 Å². The van der Waals surface area contributed by atoms with Crippen LogP contribution in [-0.4, -0.2) is 17.4 Å². The highest BCUT2D eigenvalue weighted by Gasteiger charge is 2.07. The van der Waals surface area contributed by atoms with E-state index in [2.05, 4.69) is 24.1 Å². The summed E-state index contributed by atoms with van der Waals surface area (Å²) < 4.78 is 0. The lowest BCUT2D eigenvalue weighted by molar-refractivity contribution is -0.120. The van der Waals surface area contributed by atoms with Crippen molar-refractivity contribution >= 4 is 28.8 Å². The van der Waals surface area contributed by atoms with E-state index in [0.29, 0.717) is 18.2 Å². The molecule has 1 N–H and O–H groups in total. The summed E-state index contributed by atoms with van der Waals surface area (Å²) in [7, 11) is 0. The van der Waals surface area contributed by atoms with Gasteiger partial charge in [0.2, 0.25) is 5.91 Å². The third kappa shape index (κ3) is 6.03. The van der Waals surface area contributed by atoms with Crippen LogP contribution in [0.5, 0.6) is 0 Å². The van der Waals surface area contributed by atoms with Crippen LogP contribution in [0.1, 0.15) is 37.4 Å². The van der Waals surface area contributed by atoms with Crippen molar-refractivity contribution in [3.8, 4) is 0 Å². The Balaban J connectivity index is 2.20. The summed E-state index contributed by atoms with van der Waals surface area (Å²) in [6, 6.07) is 0. The van der Waals surface area contributed by atoms with Crippen molar-refractivity contribution in [2.45, 2.75) is 39.0 Å². The zero-order valence-corrected chi connectivity index (χ0v) is 11.9. The van der Waals surface area contributed by atoms with E-state index in [9.17, 15) is 4.79 Å². The van der Waals surface area contributed by atoms with Crippen LogP contribution in [0.3, 0.4) is 0 Å². The Morgan fingerprint density at radius 3 is 2.94 bits per heavy atom. The van der Waals surface area contributed by atoms with Gasteiger partial charge in [0.05, 0.1) is 18.0 Å². The number of halogens is 1. The molecule has 0 aliphatic heterocycles. The van der Waals surface area contributed by atoms with Crippen molar-refractivity contribution in [2.24, 2.45) is 5.92 Å². The van der Waals surface area contributed by atoms with E-state index >= 15 is 0 Å². The Kier molecular flexibility index (Phi) is 6.52. The number of alkyl halides is 1. The van der Waals surface area contributed by atoms with Gasteiger partial charge >= 0.3 is 0 Å². The predicted molar refractivity (Wildman–Crippen MR) is 72.5 cm³/mol. The molecule has 1 rings (SSSR count). The van der Waals surface area contributed by atoms with Gasteiger partial charge in [-0.2, -0.15) is 0 Å². The molecule has 1 heterocycles. The Morgan fingerprint density at radius 1 is 1.59 bits per heavy atom. The second kappa shape index (κ2) is 7.67. The van der Waals surface area contributed by atoms with Gasteiger partial charge < -0.3 is 5.32 Å². The first-order valence-electron chi connectivity index (χ1n) is 5.87. The number of aromatic nitrogens is 1. The molecule has 0 aliphatic carbocycles. The number of nitrogens with one attached hydrogen (secondary N) is 1. The van der Waals surface area contributed by atoms with Gasteiger partial charge in [-0.05, 0) is 18.8 Å². The van der Waals surface area contributed by atoms with E-state index < -0.39 is 0 Å². The van der Waals surface area contributed by atoms with Gasteiger partial charge in [0, 0.05) is 11.9 Å². The normalized spacial score (nSPS) is 10.8. The van der Waals surface area contributed by atoms with Gasteiger partial charge in [0.1, 0.15) is 5.01 Å². The van der Waals surface area contributed by atoms with E-state index in [-0.39, 0.29) is 5.91 Å². The van der Waals surface area contributed by atoms with Crippen LogP contribution < -0.4 is 5.32 Å². The highest BCUT2D eigenvalue weighted by Crippen LogP contribution is 2.12. The molecule has 0 fully saturated rings. The molecule has 0 atom stereocenters. The maximum absolute atomic E-state index is 11.6. The molecule has 0 aliphatic rings. The Morgan fingerprint density at radius 2 is 2.35 bits per heavy atom. The summed E-state index contributed by atoms with van der Waals surface area (Å²) in [6.45, 7) is 5.13. The molecule has 17 heavy (non-hydrogen) atoms. The number of hydrogen-bond donors (Lipinski definition) is 1. The summed E-state index contributed by atoms with van der Waals surface area (Å²) in [5.41, 5.74) is 0.847. The van der Waals surface area contributed by atoms with Crippen LogP contribution in [0.4, 0.5) is 0 Å². The third-order valence-corrected chi connectivity index (χ3v) is 3.50. The number of hydrogen-bond acceptors (Lipinski definition) is 3. The van der Waals surface area contributed by atoms with Crippen molar-refractivity contribution in [1.82, 2.24) is 10.3 Å². The number of thiazole rings is 1. The highest BCUT2D eigenvalue weighted by atomic mass is 35.5. The fraction of sp³-hybridized carbons (Fsp3) is 0.667. The zero-order valence-electron chi connectivity index (χ0n) is 10.3. The highest BCUT2D eigenvalue weighted by molar-refractivity contribution is 7.09. The lowest BCUT2D eigenvalue weighted by Crippen LogP contribution is -2.26.